The number of allylic oxidation sites excluding steroid dienone is 1. The zero-order valence-electron chi connectivity index (χ0n) is 25.1. The lowest BCUT2D eigenvalue weighted by atomic mass is 10.1. The second-order valence-corrected chi connectivity index (χ2v) is 16.6. The van der Waals surface area contributed by atoms with E-state index in [0.29, 0.717) is 13.0 Å². The van der Waals surface area contributed by atoms with Crippen molar-refractivity contribution in [1.29, 1.82) is 0 Å². The molecule has 224 valence electrons. The minimum Gasteiger partial charge on any atom is -0.349 e. The number of nitrogens with zero attached hydrogens (tertiary/aromatic N) is 2. The number of alkyl halides is 1. The topological polar surface area (TPSA) is 68.3 Å². The summed E-state index contributed by atoms with van der Waals surface area (Å²) in [6, 6.07) is 6.32. The van der Waals surface area contributed by atoms with Crippen LogP contribution in [0.4, 0.5) is 4.39 Å². The summed E-state index contributed by atoms with van der Waals surface area (Å²) in [7, 11) is 1.81. The number of ether oxygens (including phenoxy) is 1. The summed E-state index contributed by atoms with van der Waals surface area (Å²) >= 11 is 3.58. The van der Waals surface area contributed by atoms with Crippen molar-refractivity contribution in [3.05, 3.63) is 40.5 Å². The average molecular weight is 681 g/mol. The Hall–Kier alpha value is -0.520. The van der Waals surface area contributed by atoms with Crippen molar-refractivity contribution >= 4 is 57.7 Å². The Morgan fingerprint density at radius 1 is 1.27 bits per heavy atom. The molecule has 2 aliphatic heterocycles. The number of halogens is 2. The Labute approximate surface area is 257 Å². The van der Waals surface area contributed by atoms with Gasteiger partial charge in [-0.05, 0) is 70.9 Å². The molecule has 7 nitrogen and oxygen atoms in total. The van der Waals surface area contributed by atoms with Crippen LogP contribution >= 0.6 is 46.0 Å². The fraction of sp³-hybridized carbons (Fsp3) is 0.643. The largest absolute Gasteiger partial charge is 0.349 e. The molecular weight excluding hydrogens is 638 g/mol. The van der Waals surface area contributed by atoms with Gasteiger partial charge in [0.15, 0.2) is 18.2 Å². The van der Waals surface area contributed by atoms with Gasteiger partial charge in [0.05, 0.1) is 19.1 Å². The van der Waals surface area contributed by atoms with Crippen molar-refractivity contribution in [2.24, 2.45) is 0 Å². The van der Waals surface area contributed by atoms with Crippen molar-refractivity contribution in [2.75, 3.05) is 6.61 Å². The molecule has 3 rings (SSSR count). The first kappa shape index (κ1) is 32.4. The van der Waals surface area contributed by atoms with Crippen LogP contribution in [-0.2, 0) is 29.8 Å². The molecule has 40 heavy (non-hydrogen) atoms. The number of carbonyl (C=O) groups excluding carboxylic acids is 2. The van der Waals surface area contributed by atoms with Crippen LogP contribution in [0.2, 0.25) is 0 Å². The van der Waals surface area contributed by atoms with E-state index in [4.69, 9.17) is 15.2 Å². The minimum absolute atomic E-state index is 0.0459. The van der Waals surface area contributed by atoms with E-state index < -0.39 is 39.0 Å². The molecule has 0 radical (unpaired) electrons. The van der Waals surface area contributed by atoms with Gasteiger partial charge in [-0.25, -0.2) is 9.06 Å². The van der Waals surface area contributed by atoms with Crippen molar-refractivity contribution in [3.8, 4) is 0 Å². The lowest BCUT2D eigenvalue weighted by Crippen LogP contribution is -2.45. The maximum absolute atomic E-state index is 15.9. The van der Waals surface area contributed by atoms with E-state index in [1.165, 1.54) is 12.3 Å². The van der Waals surface area contributed by atoms with Gasteiger partial charge >= 0.3 is 0 Å². The highest BCUT2D eigenvalue weighted by Crippen LogP contribution is 2.50. The fourth-order valence-electron chi connectivity index (χ4n) is 4.27. The molecule has 0 spiro atoms. The van der Waals surface area contributed by atoms with Gasteiger partial charge in [0.2, 0.25) is 5.91 Å². The first-order chi connectivity index (χ1) is 19.2. The Bertz CT molecular complexity index is 1090. The molecule has 2 aliphatic rings. The van der Waals surface area contributed by atoms with Gasteiger partial charge in [0.25, 0.3) is 8.53 Å². The molecule has 5 atom stereocenters. The van der Waals surface area contributed by atoms with E-state index in [1.807, 2.05) is 33.8 Å². The zero-order chi connectivity index (χ0) is 30.5. The Balaban J connectivity index is 1.78. The van der Waals surface area contributed by atoms with Crippen LogP contribution in [0.25, 0.3) is 0 Å². The van der Waals surface area contributed by atoms with Crippen molar-refractivity contribution < 1.29 is 29.1 Å². The standard InChI is InChI=1S/C28H41BrFN2O5PS2/c1-17(2)32(18(3)4)38(35-14-12-20-15-21(29)9-10-23(20)39-40-28(6,7)8)37-26-19(5)36-27(25(26)30)31-13-11-22(33)16-24(31)34/h9-11,13,15,17-19,25-27H,12,14,16H2,1-8H3/i5D. The van der Waals surface area contributed by atoms with E-state index in [9.17, 15) is 9.59 Å². The van der Waals surface area contributed by atoms with Gasteiger partial charge < -0.3 is 13.8 Å². The van der Waals surface area contributed by atoms with Crippen LogP contribution in [0.3, 0.4) is 0 Å². The van der Waals surface area contributed by atoms with Crippen molar-refractivity contribution in [1.82, 2.24) is 9.57 Å². The number of ketones is 1. The molecular formula is C28H41BrFN2O5PS2. The Morgan fingerprint density at radius 3 is 2.58 bits per heavy atom. The molecule has 2 heterocycles. The molecule has 1 aromatic rings. The molecule has 0 N–H and O–H groups in total. The van der Waals surface area contributed by atoms with Crippen molar-refractivity contribution in [3.63, 3.8) is 0 Å². The number of rotatable bonds is 12. The summed E-state index contributed by atoms with van der Waals surface area (Å²) in [4.78, 5) is 26.3. The average Bonchev–Trinajstić information content (AvgIpc) is 3.17. The van der Waals surface area contributed by atoms with E-state index in [-0.39, 0.29) is 35.9 Å². The smallest absolute Gasteiger partial charge is 0.259 e. The Kier molecular flexibility index (Phi) is 12.0. The molecule has 1 saturated heterocycles. The number of hydrogen-bond donors (Lipinski definition) is 0. The van der Waals surface area contributed by atoms with Crippen LogP contribution in [0.15, 0.2) is 39.8 Å². The second-order valence-electron chi connectivity index (χ2n) is 11.3. The number of benzene rings is 1. The molecule has 1 fully saturated rings. The third-order valence-corrected chi connectivity index (χ3v) is 12.1. The summed E-state index contributed by atoms with van der Waals surface area (Å²) in [6.45, 7) is 14.8. The van der Waals surface area contributed by atoms with Crippen LogP contribution in [0, 0.1) is 0 Å². The van der Waals surface area contributed by atoms with Gasteiger partial charge in [-0.2, -0.15) is 0 Å². The molecule has 1 amide bonds. The predicted molar refractivity (Wildman–Crippen MR) is 166 cm³/mol. The molecule has 0 aromatic heterocycles. The second kappa shape index (κ2) is 14.8. The van der Waals surface area contributed by atoms with Crippen molar-refractivity contribution in [2.45, 2.75) is 115 Å². The zero-order valence-corrected chi connectivity index (χ0v) is 28.2. The van der Waals surface area contributed by atoms with E-state index in [1.54, 1.807) is 21.6 Å². The number of hydrogen-bond acceptors (Lipinski definition) is 8. The summed E-state index contributed by atoms with van der Waals surface area (Å²) in [6.07, 6.45) is -2.20. The molecule has 0 bridgehead atoms. The monoisotopic (exact) mass is 679 g/mol. The maximum atomic E-state index is 15.9. The molecule has 5 unspecified atom stereocenters. The van der Waals surface area contributed by atoms with Gasteiger partial charge in [0.1, 0.15) is 6.10 Å². The van der Waals surface area contributed by atoms with E-state index >= 15 is 4.39 Å². The lowest BCUT2D eigenvalue weighted by Gasteiger charge is -2.37. The van der Waals surface area contributed by atoms with Crippen LogP contribution in [-0.4, -0.2) is 69.3 Å². The first-order valence-electron chi connectivity index (χ1n) is 14.1. The van der Waals surface area contributed by atoms with E-state index in [0.717, 1.165) is 19.8 Å². The highest BCUT2D eigenvalue weighted by molar-refractivity contribution is 9.10. The van der Waals surface area contributed by atoms with Crippen LogP contribution in [0.1, 0.15) is 68.7 Å². The number of amides is 1. The molecule has 12 heteroatoms. The molecule has 0 saturated carbocycles. The fourth-order valence-corrected chi connectivity index (χ4v) is 8.69. The van der Waals surface area contributed by atoms with E-state index in [2.05, 4.69) is 53.5 Å². The normalized spacial score (nSPS) is 25.0. The minimum atomic E-state index is -1.74. The lowest BCUT2D eigenvalue weighted by molar-refractivity contribution is -0.145. The van der Waals surface area contributed by atoms with Gasteiger partial charge in [-0.1, -0.05) is 58.3 Å². The first-order valence-corrected chi connectivity index (χ1v) is 17.4. The molecule has 1 aromatic carbocycles. The highest BCUT2D eigenvalue weighted by atomic mass is 79.9. The van der Waals surface area contributed by atoms with Crippen LogP contribution in [0.5, 0.6) is 0 Å². The SMILES string of the molecule is [2H]CC1OC(N2C=CC(=O)CC2=O)C(F)C1OP(OCCc1cc(Br)ccc1SSC(C)(C)C)N(C(C)C)C(C)C. The third-order valence-electron chi connectivity index (χ3n) is 6.01. The summed E-state index contributed by atoms with van der Waals surface area (Å²) < 4.78 is 45.7. The van der Waals surface area contributed by atoms with Gasteiger partial charge in [0, 0.05) is 33.8 Å². The maximum Gasteiger partial charge on any atom is 0.259 e. The summed E-state index contributed by atoms with van der Waals surface area (Å²) in [5, 5.41) is 0. The quantitative estimate of drug-likeness (QED) is 0.127. The Morgan fingerprint density at radius 2 is 1.98 bits per heavy atom. The molecule has 0 aliphatic carbocycles. The van der Waals surface area contributed by atoms with Crippen LogP contribution < -0.4 is 0 Å². The third kappa shape index (κ3) is 9.24. The van der Waals surface area contributed by atoms with Gasteiger partial charge in [-0.3, -0.25) is 14.5 Å². The summed E-state index contributed by atoms with van der Waals surface area (Å²) in [5.74, 6) is -0.874. The predicted octanol–water partition coefficient (Wildman–Crippen LogP) is 7.68. The summed E-state index contributed by atoms with van der Waals surface area (Å²) in [5.41, 5.74) is 1.14. The van der Waals surface area contributed by atoms with Gasteiger partial charge in [-0.15, -0.1) is 0 Å². The highest BCUT2D eigenvalue weighted by Gasteiger charge is 2.50. The number of carbonyl (C=O) groups is 2.